The van der Waals surface area contributed by atoms with Crippen LogP contribution >= 0.6 is 6.26 Å². The number of hydrogen-bond acceptors (Lipinski definition) is 5. The highest BCUT2D eigenvalue weighted by atomic mass is 32.4. The second kappa shape index (κ2) is 7.81. The van der Waals surface area contributed by atoms with Gasteiger partial charge in [-0.15, -0.1) is 0 Å². The average molecular weight is 277 g/mol. The molecule has 0 aromatic carbocycles. The molecule has 0 saturated heterocycles. The summed E-state index contributed by atoms with van der Waals surface area (Å²) in [5.41, 5.74) is 0. The van der Waals surface area contributed by atoms with Crippen molar-refractivity contribution in [3.05, 3.63) is 0 Å². The number of rotatable bonds is 7. The van der Waals surface area contributed by atoms with Gasteiger partial charge in [-0.05, 0) is 12.6 Å². The molecule has 0 saturated carbocycles. The smallest absolute Gasteiger partial charge is 0.303 e. The van der Waals surface area contributed by atoms with Crippen LogP contribution in [0.2, 0.25) is 0 Å². The van der Waals surface area contributed by atoms with Crippen molar-refractivity contribution in [2.24, 2.45) is 5.92 Å². The van der Waals surface area contributed by atoms with E-state index in [4.69, 9.17) is 26.3 Å². The van der Waals surface area contributed by atoms with Gasteiger partial charge in [-0.2, -0.15) is 5.26 Å². The van der Waals surface area contributed by atoms with E-state index in [9.17, 15) is 4.79 Å². The van der Waals surface area contributed by atoms with E-state index in [0.717, 1.165) is 0 Å². The van der Waals surface area contributed by atoms with Crippen molar-refractivity contribution in [3.63, 3.8) is 0 Å². The average Bonchev–Trinajstić information content (AvgIpc) is 2.21. The Hall–Kier alpha value is -0.430. The van der Waals surface area contributed by atoms with E-state index in [1.54, 1.807) is 0 Å². The highest BCUT2D eigenvalue weighted by Gasteiger charge is 2.17. The molecule has 0 aromatic rings. The summed E-state index contributed by atoms with van der Waals surface area (Å²) in [5, 5.41) is 8.80. The Morgan fingerprint density at radius 3 is 2.53 bits per heavy atom. The Morgan fingerprint density at radius 1 is 1.53 bits per heavy atom. The largest absolute Gasteiger partial charge is 0.447 e. The molecule has 0 aliphatic rings. The van der Waals surface area contributed by atoms with Gasteiger partial charge in [-0.3, -0.25) is 4.79 Å². The Kier molecular flexibility index (Phi) is 7.61. The molecule has 2 unspecified atom stereocenters. The summed E-state index contributed by atoms with van der Waals surface area (Å²) in [7, 11) is 0. The molecule has 2 atom stereocenters. The highest BCUT2D eigenvalue weighted by molar-refractivity contribution is 8.11. The second-order valence-corrected chi connectivity index (χ2v) is 9.49. The first-order valence-electron chi connectivity index (χ1n) is 5.54. The number of nitrogens with zero attached hydrogens (tertiary/aromatic N) is 1. The Balaban J connectivity index is 4.11. The fraction of sp³-hybridized carbons (Fsp3) is 0.818. The predicted molar refractivity (Wildman–Crippen MR) is 71.7 cm³/mol. The van der Waals surface area contributed by atoms with Gasteiger partial charge in [0.1, 0.15) is 6.07 Å². The third-order valence-electron chi connectivity index (χ3n) is 1.93. The topological polar surface area (TPSA) is 59.3 Å². The molecule has 0 N–H and O–H groups in total. The first kappa shape index (κ1) is 16.6. The van der Waals surface area contributed by atoms with E-state index >= 15 is 0 Å². The summed E-state index contributed by atoms with van der Waals surface area (Å²) in [4.78, 5) is 10.7. The third kappa shape index (κ3) is 9.29. The minimum Gasteiger partial charge on any atom is -0.447 e. The SMILES string of the molecule is CC(=O)OC(C#N)CCP(C)(=S)OCC(C)C. The standard InChI is InChI=1S/C11H20NO3PS/c1-9(2)8-14-16(4,17)6-5-11(7-12)15-10(3)13/h9,11H,5-6,8H2,1-4H3. The van der Waals surface area contributed by atoms with Crippen molar-refractivity contribution in [1.82, 2.24) is 0 Å². The van der Waals surface area contributed by atoms with Crippen molar-refractivity contribution >= 4 is 24.0 Å². The lowest BCUT2D eigenvalue weighted by Gasteiger charge is -2.20. The van der Waals surface area contributed by atoms with E-state index < -0.39 is 18.3 Å². The number of carbonyl (C=O) groups excluding carboxylic acids is 1. The van der Waals surface area contributed by atoms with Crippen molar-refractivity contribution < 1.29 is 14.1 Å². The van der Waals surface area contributed by atoms with E-state index in [2.05, 4.69) is 13.8 Å². The highest BCUT2D eigenvalue weighted by Crippen LogP contribution is 2.44. The minimum absolute atomic E-state index is 0.441. The number of ether oxygens (including phenoxy) is 1. The quantitative estimate of drug-likeness (QED) is 0.528. The van der Waals surface area contributed by atoms with Crippen LogP contribution in [0.4, 0.5) is 0 Å². The molecule has 0 bridgehead atoms. The maximum absolute atomic E-state index is 10.7. The van der Waals surface area contributed by atoms with Gasteiger partial charge in [0.05, 0.1) is 12.9 Å². The molecule has 6 heteroatoms. The number of esters is 1. The first-order chi connectivity index (χ1) is 7.76. The van der Waals surface area contributed by atoms with Crippen LogP contribution < -0.4 is 0 Å². The van der Waals surface area contributed by atoms with Crippen molar-refractivity contribution in [2.45, 2.75) is 33.3 Å². The van der Waals surface area contributed by atoms with Crippen LogP contribution in [-0.2, 0) is 25.9 Å². The number of nitriles is 1. The predicted octanol–water partition coefficient (Wildman–Crippen LogP) is 2.53. The van der Waals surface area contributed by atoms with Crippen molar-refractivity contribution in [3.8, 4) is 6.07 Å². The van der Waals surface area contributed by atoms with Crippen LogP contribution in [0.25, 0.3) is 0 Å². The summed E-state index contributed by atoms with van der Waals surface area (Å²) in [6.07, 6.45) is -1.52. The molecular weight excluding hydrogens is 257 g/mol. The molecule has 0 rings (SSSR count). The van der Waals surface area contributed by atoms with E-state index in [1.807, 2.05) is 12.7 Å². The zero-order chi connectivity index (χ0) is 13.5. The van der Waals surface area contributed by atoms with Crippen LogP contribution in [0.1, 0.15) is 27.2 Å². The molecular formula is C11H20NO3PS. The van der Waals surface area contributed by atoms with Gasteiger partial charge >= 0.3 is 5.97 Å². The van der Waals surface area contributed by atoms with Gasteiger partial charge < -0.3 is 9.26 Å². The van der Waals surface area contributed by atoms with Crippen molar-refractivity contribution in [1.29, 1.82) is 5.26 Å². The second-order valence-electron chi connectivity index (χ2n) is 4.44. The fourth-order valence-electron chi connectivity index (χ4n) is 1.07. The molecule has 17 heavy (non-hydrogen) atoms. The first-order valence-corrected chi connectivity index (χ1v) is 8.90. The maximum atomic E-state index is 10.7. The molecule has 98 valence electrons. The molecule has 4 nitrogen and oxygen atoms in total. The van der Waals surface area contributed by atoms with E-state index in [-0.39, 0.29) is 0 Å². The maximum Gasteiger partial charge on any atom is 0.303 e. The van der Waals surface area contributed by atoms with Crippen LogP contribution in [0.5, 0.6) is 0 Å². The molecule has 0 aliphatic carbocycles. The Bertz CT molecular complexity index is 338. The molecule has 0 amide bonds. The van der Waals surface area contributed by atoms with Crippen LogP contribution in [0, 0.1) is 17.2 Å². The lowest BCUT2D eigenvalue weighted by Crippen LogP contribution is -2.16. The van der Waals surface area contributed by atoms with Gasteiger partial charge in [0.15, 0.2) is 6.10 Å². The Morgan fingerprint density at radius 2 is 2.12 bits per heavy atom. The molecule has 0 heterocycles. The number of carbonyl (C=O) groups is 1. The normalized spacial score (nSPS) is 16.0. The van der Waals surface area contributed by atoms with Gasteiger partial charge in [-0.25, -0.2) is 0 Å². The van der Waals surface area contributed by atoms with Crippen LogP contribution in [0.15, 0.2) is 0 Å². The Labute approximate surface area is 108 Å². The third-order valence-corrected chi connectivity index (χ3v) is 4.56. The number of hydrogen-bond donors (Lipinski definition) is 0. The molecule has 0 spiro atoms. The lowest BCUT2D eigenvalue weighted by molar-refractivity contribution is -0.143. The van der Waals surface area contributed by atoms with E-state index in [1.165, 1.54) is 6.92 Å². The summed E-state index contributed by atoms with van der Waals surface area (Å²) in [6, 6.07) is 1.94. The van der Waals surface area contributed by atoms with Crippen LogP contribution in [0.3, 0.4) is 0 Å². The molecule has 0 radical (unpaired) electrons. The zero-order valence-electron chi connectivity index (χ0n) is 10.8. The summed E-state index contributed by atoms with van der Waals surface area (Å²) < 4.78 is 10.5. The summed E-state index contributed by atoms with van der Waals surface area (Å²) in [6.45, 7) is 7.96. The van der Waals surface area contributed by atoms with Crippen molar-refractivity contribution in [2.75, 3.05) is 19.4 Å². The molecule has 0 fully saturated rings. The zero-order valence-corrected chi connectivity index (χ0v) is 12.5. The summed E-state index contributed by atoms with van der Waals surface area (Å²) >= 11 is 5.38. The summed E-state index contributed by atoms with van der Waals surface area (Å²) in [5.74, 6) is 0.00145. The van der Waals surface area contributed by atoms with Gasteiger partial charge in [-0.1, -0.05) is 25.7 Å². The van der Waals surface area contributed by atoms with Crippen LogP contribution in [-0.4, -0.2) is 31.5 Å². The minimum atomic E-state index is -1.87. The van der Waals surface area contributed by atoms with E-state index in [0.29, 0.717) is 25.1 Å². The molecule has 0 aliphatic heterocycles. The molecule has 0 aromatic heterocycles. The lowest BCUT2D eigenvalue weighted by atomic mass is 10.2. The van der Waals surface area contributed by atoms with Gasteiger partial charge in [0.2, 0.25) is 0 Å². The van der Waals surface area contributed by atoms with Gasteiger partial charge in [0.25, 0.3) is 0 Å². The van der Waals surface area contributed by atoms with Gasteiger partial charge in [0, 0.05) is 19.5 Å². The fourth-order valence-corrected chi connectivity index (χ4v) is 3.02. The monoisotopic (exact) mass is 277 g/mol.